The average molecular weight is 345 g/mol. The van der Waals surface area contributed by atoms with E-state index in [1.165, 1.54) is 16.7 Å². The summed E-state index contributed by atoms with van der Waals surface area (Å²) in [5.74, 6) is 0.821. The van der Waals surface area contributed by atoms with E-state index < -0.39 is 0 Å². The molecular weight excluding hydrogens is 320 g/mol. The third-order valence-corrected chi connectivity index (χ3v) is 4.13. The largest absolute Gasteiger partial charge is 0.356 e. The second-order valence-electron chi connectivity index (χ2n) is 5.84. The minimum atomic E-state index is 0.524. The summed E-state index contributed by atoms with van der Waals surface area (Å²) in [6, 6.07) is 10.4. The third-order valence-electron chi connectivity index (χ3n) is 3.90. The van der Waals surface area contributed by atoms with Crippen molar-refractivity contribution in [3.63, 3.8) is 0 Å². The first-order valence-electron chi connectivity index (χ1n) is 8.19. The summed E-state index contributed by atoms with van der Waals surface area (Å²) in [5.41, 5.74) is 5.17. The first kappa shape index (κ1) is 18.3. The van der Waals surface area contributed by atoms with E-state index in [-0.39, 0.29) is 0 Å². The summed E-state index contributed by atoms with van der Waals surface area (Å²) >= 11 is 5.79. The molecule has 1 aromatic carbocycles. The van der Waals surface area contributed by atoms with Gasteiger partial charge in [-0.25, -0.2) is 4.98 Å². The van der Waals surface area contributed by atoms with E-state index in [1.54, 1.807) is 13.2 Å². The number of aromatic nitrogens is 1. The molecule has 0 aliphatic rings. The number of halogens is 1. The van der Waals surface area contributed by atoms with Gasteiger partial charge in [-0.2, -0.15) is 0 Å². The summed E-state index contributed by atoms with van der Waals surface area (Å²) in [6.45, 7) is 5.94. The monoisotopic (exact) mass is 344 g/mol. The zero-order valence-corrected chi connectivity index (χ0v) is 15.3. The van der Waals surface area contributed by atoms with Crippen LogP contribution in [0.3, 0.4) is 0 Å². The lowest BCUT2D eigenvalue weighted by atomic mass is 10.0. The van der Waals surface area contributed by atoms with E-state index in [0.29, 0.717) is 5.15 Å². The SMILES string of the molecule is CN=C(NCCc1ccc(Cl)nc1)NCCc1ccc(C)cc1C. The van der Waals surface area contributed by atoms with Gasteiger partial charge in [-0.1, -0.05) is 41.4 Å². The maximum absolute atomic E-state index is 5.79. The zero-order chi connectivity index (χ0) is 17.4. The Labute approximate surface area is 149 Å². The topological polar surface area (TPSA) is 49.3 Å². The van der Waals surface area contributed by atoms with Crippen LogP contribution in [-0.2, 0) is 12.8 Å². The number of guanidine groups is 1. The number of aryl methyl sites for hydroxylation is 2. The maximum Gasteiger partial charge on any atom is 0.190 e. The number of rotatable bonds is 6. The van der Waals surface area contributed by atoms with E-state index in [0.717, 1.165) is 37.5 Å². The zero-order valence-electron chi connectivity index (χ0n) is 14.6. The van der Waals surface area contributed by atoms with Gasteiger partial charge in [0, 0.05) is 26.3 Å². The van der Waals surface area contributed by atoms with Crippen molar-refractivity contribution >= 4 is 17.6 Å². The Morgan fingerprint density at radius 2 is 1.83 bits per heavy atom. The fraction of sp³-hybridized carbons (Fsp3) is 0.368. The number of aliphatic imine (C=N–C) groups is 1. The average Bonchev–Trinajstić information content (AvgIpc) is 2.57. The number of benzene rings is 1. The summed E-state index contributed by atoms with van der Waals surface area (Å²) in [6.07, 6.45) is 3.66. The molecule has 0 spiro atoms. The van der Waals surface area contributed by atoms with Crippen LogP contribution < -0.4 is 10.6 Å². The molecule has 0 bridgehead atoms. The smallest absolute Gasteiger partial charge is 0.190 e. The predicted molar refractivity (Wildman–Crippen MR) is 102 cm³/mol. The highest BCUT2D eigenvalue weighted by atomic mass is 35.5. The van der Waals surface area contributed by atoms with Crippen molar-refractivity contribution in [1.29, 1.82) is 0 Å². The van der Waals surface area contributed by atoms with Crippen LogP contribution in [0.1, 0.15) is 22.3 Å². The van der Waals surface area contributed by atoms with Gasteiger partial charge >= 0.3 is 0 Å². The minimum Gasteiger partial charge on any atom is -0.356 e. The quantitative estimate of drug-likeness (QED) is 0.480. The van der Waals surface area contributed by atoms with Crippen LogP contribution in [0.15, 0.2) is 41.5 Å². The van der Waals surface area contributed by atoms with Crippen LogP contribution in [-0.4, -0.2) is 31.1 Å². The first-order chi connectivity index (χ1) is 11.6. The van der Waals surface area contributed by atoms with Gasteiger partial charge in [0.1, 0.15) is 5.15 Å². The molecule has 5 heteroatoms. The van der Waals surface area contributed by atoms with Gasteiger partial charge in [0.2, 0.25) is 0 Å². The number of nitrogens with zero attached hydrogens (tertiary/aromatic N) is 2. The van der Waals surface area contributed by atoms with E-state index in [4.69, 9.17) is 11.6 Å². The summed E-state index contributed by atoms with van der Waals surface area (Å²) < 4.78 is 0. The first-order valence-corrected chi connectivity index (χ1v) is 8.57. The highest BCUT2D eigenvalue weighted by Crippen LogP contribution is 2.10. The lowest BCUT2D eigenvalue weighted by Crippen LogP contribution is -2.39. The van der Waals surface area contributed by atoms with E-state index in [2.05, 4.69) is 52.7 Å². The Hall–Kier alpha value is -2.07. The predicted octanol–water partition coefficient (Wildman–Crippen LogP) is 3.30. The molecule has 2 rings (SSSR count). The second kappa shape index (κ2) is 9.28. The van der Waals surface area contributed by atoms with Crippen molar-refractivity contribution in [1.82, 2.24) is 15.6 Å². The molecule has 24 heavy (non-hydrogen) atoms. The molecule has 0 aliphatic heterocycles. The Morgan fingerprint density at radius 3 is 2.46 bits per heavy atom. The van der Waals surface area contributed by atoms with Crippen LogP contribution in [0.4, 0.5) is 0 Å². The minimum absolute atomic E-state index is 0.524. The van der Waals surface area contributed by atoms with Crippen LogP contribution in [0.5, 0.6) is 0 Å². The fourth-order valence-corrected chi connectivity index (χ4v) is 2.65. The van der Waals surface area contributed by atoms with E-state index >= 15 is 0 Å². The maximum atomic E-state index is 5.79. The molecule has 0 atom stereocenters. The van der Waals surface area contributed by atoms with Crippen LogP contribution in [0.25, 0.3) is 0 Å². The van der Waals surface area contributed by atoms with Crippen LogP contribution in [0, 0.1) is 13.8 Å². The standard InChI is InChI=1S/C19H25ClN4/c1-14-4-6-17(15(2)12-14)9-11-23-19(21-3)22-10-8-16-5-7-18(20)24-13-16/h4-7,12-13H,8-11H2,1-3H3,(H2,21,22,23). The fourth-order valence-electron chi connectivity index (χ4n) is 2.54. The number of pyridine rings is 1. The Morgan fingerprint density at radius 1 is 1.08 bits per heavy atom. The van der Waals surface area contributed by atoms with Gasteiger partial charge < -0.3 is 10.6 Å². The Balaban J connectivity index is 1.73. The Kier molecular flexibility index (Phi) is 7.07. The summed E-state index contributed by atoms with van der Waals surface area (Å²) in [4.78, 5) is 8.35. The summed E-state index contributed by atoms with van der Waals surface area (Å²) in [5, 5.41) is 7.20. The van der Waals surface area contributed by atoms with E-state index in [9.17, 15) is 0 Å². The molecule has 0 unspecified atom stereocenters. The molecule has 0 aliphatic carbocycles. The third kappa shape index (κ3) is 5.85. The Bertz CT molecular complexity index is 680. The van der Waals surface area contributed by atoms with Gasteiger partial charge in [0.15, 0.2) is 5.96 Å². The number of hydrogen-bond donors (Lipinski definition) is 2. The molecule has 0 radical (unpaired) electrons. The molecule has 128 valence electrons. The van der Waals surface area contributed by atoms with Gasteiger partial charge in [0.25, 0.3) is 0 Å². The van der Waals surface area contributed by atoms with Crippen molar-refractivity contribution in [2.45, 2.75) is 26.7 Å². The number of hydrogen-bond acceptors (Lipinski definition) is 2. The number of nitrogens with one attached hydrogen (secondary N) is 2. The van der Waals surface area contributed by atoms with Crippen molar-refractivity contribution in [2.24, 2.45) is 4.99 Å². The highest BCUT2D eigenvalue weighted by Gasteiger charge is 2.01. The van der Waals surface area contributed by atoms with Crippen molar-refractivity contribution in [2.75, 3.05) is 20.1 Å². The molecule has 1 aromatic heterocycles. The highest BCUT2D eigenvalue weighted by molar-refractivity contribution is 6.29. The molecular formula is C19H25ClN4. The van der Waals surface area contributed by atoms with Crippen LogP contribution >= 0.6 is 11.6 Å². The van der Waals surface area contributed by atoms with Crippen molar-refractivity contribution in [3.05, 3.63) is 63.9 Å². The lowest BCUT2D eigenvalue weighted by molar-refractivity contribution is 0.781. The lowest BCUT2D eigenvalue weighted by Gasteiger charge is -2.13. The molecule has 1 heterocycles. The van der Waals surface area contributed by atoms with Gasteiger partial charge in [-0.15, -0.1) is 0 Å². The molecule has 0 fully saturated rings. The van der Waals surface area contributed by atoms with Gasteiger partial charge in [0.05, 0.1) is 0 Å². The molecule has 2 aromatic rings. The summed E-state index contributed by atoms with van der Waals surface area (Å²) in [7, 11) is 1.79. The molecule has 4 nitrogen and oxygen atoms in total. The molecule has 2 N–H and O–H groups in total. The van der Waals surface area contributed by atoms with Gasteiger partial charge in [-0.3, -0.25) is 4.99 Å². The molecule has 0 amide bonds. The van der Waals surface area contributed by atoms with Gasteiger partial charge in [-0.05, 0) is 49.4 Å². The van der Waals surface area contributed by atoms with Crippen LogP contribution in [0.2, 0.25) is 5.15 Å². The van der Waals surface area contributed by atoms with Crippen molar-refractivity contribution in [3.8, 4) is 0 Å². The second-order valence-corrected chi connectivity index (χ2v) is 6.23. The van der Waals surface area contributed by atoms with E-state index in [1.807, 2.05) is 12.1 Å². The van der Waals surface area contributed by atoms with Crippen molar-refractivity contribution < 1.29 is 0 Å². The normalized spacial score (nSPS) is 11.4. The molecule has 0 saturated heterocycles. The molecule has 0 saturated carbocycles.